The number of hydrogen-bond acceptors (Lipinski definition) is 7. The van der Waals surface area contributed by atoms with Crippen LogP contribution in [0.15, 0.2) is 70.5 Å². The van der Waals surface area contributed by atoms with Crippen LogP contribution in [0.1, 0.15) is 22.6 Å². The Kier molecular flexibility index (Phi) is 5.48. The molecule has 33 heavy (non-hydrogen) atoms. The van der Waals surface area contributed by atoms with Crippen molar-refractivity contribution in [3.63, 3.8) is 0 Å². The zero-order valence-electron chi connectivity index (χ0n) is 17.6. The summed E-state index contributed by atoms with van der Waals surface area (Å²) in [6.07, 6.45) is 0. The molecule has 5 rings (SSSR count). The first-order valence-corrected chi connectivity index (χ1v) is 10.9. The second-order valence-corrected chi connectivity index (χ2v) is 8.32. The van der Waals surface area contributed by atoms with Gasteiger partial charge < -0.3 is 29.4 Å². The van der Waals surface area contributed by atoms with Crippen LogP contribution in [0, 0.1) is 11.3 Å². The van der Waals surface area contributed by atoms with Crippen LogP contribution in [-0.4, -0.2) is 13.9 Å². The predicted octanol–water partition coefficient (Wildman–Crippen LogP) is 4.98. The molecule has 3 aromatic rings. The zero-order chi connectivity index (χ0) is 22.9. The van der Waals surface area contributed by atoms with E-state index in [0.29, 0.717) is 40.9 Å². The summed E-state index contributed by atoms with van der Waals surface area (Å²) < 4.78 is 29.1. The van der Waals surface area contributed by atoms with E-state index < -0.39 is 5.92 Å². The summed E-state index contributed by atoms with van der Waals surface area (Å²) in [5, 5.41) is 9.90. The first-order valence-electron chi connectivity index (χ1n) is 10.1. The standard InChI is InChI=1S/C25H19BrN2O5/c1-29-20-7-15(18(26)9-22(20)30-12-14-5-3-2-4-6-14)24-16-8-21-23(32-13-31-21)10-19(16)33-25(28)17(24)11-27/h2-10,24H,12-13,28H2,1H3/t24-/m0/s1. The van der Waals surface area contributed by atoms with Crippen LogP contribution >= 0.6 is 15.9 Å². The van der Waals surface area contributed by atoms with Crippen LogP contribution in [-0.2, 0) is 6.61 Å². The van der Waals surface area contributed by atoms with Gasteiger partial charge in [0, 0.05) is 16.1 Å². The molecular weight excluding hydrogens is 488 g/mol. The third kappa shape index (κ3) is 3.81. The van der Waals surface area contributed by atoms with Gasteiger partial charge >= 0.3 is 0 Å². The SMILES string of the molecule is COc1cc([C@@H]2C(C#N)=C(N)Oc3cc4c(cc32)OCO4)c(Br)cc1OCc1ccccc1. The molecule has 2 heterocycles. The number of halogens is 1. The van der Waals surface area contributed by atoms with E-state index in [1.165, 1.54) is 0 Å². The largest absolute Gasteiger partial charge is 0.493 e. The number of rotatable bonds is 5. The summed E-state index contributed by atoms with van der Waals surface area (Å²) >= 11 is 3.66. The maximum atomic E-state index is 9.90. The van der Waals surface area contributed by atoms with Crippen LogP contribution < -0.4 is 29.4 Å². The average molecular weight is 507 g/mol. The molecule has 2 aliphatic heterocycles. The molecule has 0 aromatic heterocycles. The Hall–Kier alpha value is -3.83. The number of fused-ring (bicyclic) bond motifs is 2. The Labute approximate surface area is 199 Å². The molecule has 2 aliphatic rings. The summed E-state index contributed by atoms with van der Waals surface area (Å²) in [6, 6.07) is 19.3. The van der Waals surface area contributed by atoms with Gasteiger partial charge in [-0.3, -0.25) is 0 Å². The topological polar surface area (TPSA) is 96.0 Å². The quantitative estimate of drug-likeness (QED) is 0.520. The van der Waals surface area contributed by atoms with Crippen LogP contribution in [0.5, 0.6) is 28.7 Å². The third-order valence-electron chi connectivity index (χ3n) is 5.54. The van der Waals surface area contributed by atoms with Crippen molar-refractivity contribution in [2.75, 3.05) is 13.9 Å². The van der Waals surface area contributed by atoms with Gasteiger partial charge in [-0.25, -0.2) is 0 Å². The number of benzene rings is 3. The van der Waals surface area contributed by atoms with Crippen molar-refractivity contribution in [1.82, 2.24) is 0 Å². The molecule has 0 saturated heterocycles. The Balaban J connectivity index is 1.57. The highest BCUT2D eigenvalue weighted by atomic mass is 79.9. The number of methoxy groups -OCH3 is 1. The van der Waals surface area contributed by atoms with Crippen molar-refractivity contribution in [3.8, 4) is 34.8 Å². The van der Waals surface area contributed by atoms with E-state index in [-0.39, 0.29) is 12.7 Å². The van der Waals surface area contributed by atoms with Crippen molar-refractivity contribution in [2.24, 2.45) is 5.73 Å². The lowest BCUT2D eigenvalue weighted by atomic mass is 9.83. The smallest absolute Gasteiger partial charge is 0.231 e. The number of hydrogen-bond donors (Lipinski definition) is 1. The Morgan fingerprint density at radius 1 is 1.03 bits per heavy atom. The second kappa shape index (κ2) is 8.60. The second-order valence-electron chi connectivity index (χ2n) is 7.47. The average Bonchev–Trinajstić information content (AvgIpc) is 3.29. The first kappa shape index (κ1) is 21.0. The summed E-state index contributed by atoms with van der Waals surface area (Å²) in [5.41, 5.74) is 8.98. The molecule has 0 bridgehead atoms. The molecule has 7 nitrogen and oxygen atoms in total. The van der Waals surface area contributed by atoms with Gasteiger partial charge in [0.15, 0.2) is 23.0 Å². The fraction of sp³-hybridized carbons (Fsp3) is 0.160. The van der Waals surface area contributed by atoms with Crippen LogP contribution in [0.3, 0.4) is 0 Å². The molecule has 0 unspecified atom stereocenters. The van der Waals surface area contributed by atoms with Crippen molar-refractivity contribution in [1.29, 1.82) is 5.26 Å². The molecule has 166 valence electrons. The maximum absolute atomic E-state index is 9.90. The van der Waals surface area contributed by atoms with Gasteiger partial charge in [0.05, 0.1) is 13.0 Å². The fourth-order valence-electron chi connectivity index (χ4n) is 3.95. The summed E-state index contributed by atoms with van der Waals surface area (Å²) in [5.74, 6) is 2.33. The molecule has 3 aromatic carbocycles. The van der Waals surface area contributed by atoms with Crippen LogP contribution in [0.2, 0.25) is 0 Å². The lowest BCUT2D eigenvalue weighted by molar-refractivity contribution is 0.174. The highest BCUT2D eigenvalue weighted by Gasteiger charge is 2.35. The highest BCUT2D eigenvalue weighted by molar-refractivity contribution is 9.10. The summed E-state index contributed by atoms with van der Waals surface area (Å²) in [6.45, 7) is 0.519. The number of allylic oxidation sites excluding steroid dienone is 1. The van der Waals surface area contributed by atoms with Crippen LogP contribution in [0.4, 0.5) is 0 Å². The van der Waals surface area contributed by atoms with Crippen molar-refractivity contribution >= 4 is 15.9 Å². The van der Waals surface area contributed by atoms with E-state index in [0.717, 1.165) is 21.2 Å². The number of nitriles is 1. The van der Waals surface area contributed by atoms with Crippen molar-refractivity contribution in [3.05, 3.63) is 87.2 Å². The molecular formula is C25H19BrN2O5. The minimum atomic E-state index is -0.500. The lowest BCUT2D eigenvalue weighted by Gasteiger charge is -2.28. The lowest BCUT2D eigenvalue weighted by Crippen LogP contribution is -2.21. The number of nitrogens with two attached hydrogens (primary N) is 1. The molecule has 0 spiro atoms. The fourth-order valence-corrected chi connectivity index (χ4v) is 4.50. The monoisotopic (exact) mass is 506 g/mol. The van der Waals surface area contributed by atoms with Gasteiger partial charge in [0.25, 0.3) is 0 Å². The van der Waals surface area contributed by atoms with Gasteiger partial charge in [-0.2, -0.15) is 5.26 Å². The van der Waals surface area contributed by atoms with Gasteiger partial charge in [-0.15, -0.1) is 0 Å². The molecule has 1 atom stereocenters. The van der Waals surface area contributed by atoms with E-state index >= 15 is 0 Å². The van der Waals surface area contributed by atoms with E-state index in [4.69, 9.17) is 29.4 Å². The molecule has 0 radical (unpaired) electrons. The highest BCUT2D eigenvalue weighted by Crippen LogP contribution is 2.50. The molecule has 0 saturated carbocycles. The number of nitrogens with zero attached hydrogens (tertiary/aromatic N) is 1. The van der Waals surface area contributed by atoms with Crippen molar-refractivity contribution in [2.45, 2.75) is 12.5 Å². The summed E-state index contributed by atoms with van der Waals surface area (Å²) in [4.78, 5) is 0. The van der Waals surface area contributed by atoms with Gasteiger partial charge in [-0.1, -0.05) is 46.3 Å². The maximum Gasteiger partial charge on any atom is 0.231 e. The van der Waals surface area contributed by atoms with E-state index in [1.54, 1.807) is 13.2 Å². The minimum Gasteiger partial charge on any atom is -0.493 e. The molecule has 2 N–H and O–H groups in total. The first-order chi connectivity index (χ1) is 16.1. The van der Waals surface area contributed by atoms with Crippen molar-refractivity contribution < 1.29 is 23.7 Å². The van der Waals surface area contributed by atoms with E-state index in [2.05, 4.69) is 22.0 Å². The summed E-state index contributed by atoms with van der Waals surface area (Å²) in [7, 11) is 1.58. The normalized spacial score (nSPS) is 16.0. The number of ether oxygens (including phenoxy) is 5. The Morgan fingerprint density at radius 3 is 2.52 bits per heavy atom. The third-order valence-corrected chi connectivity index (χ3v) is 6.23. The molecule has 0 fully saturated rings. The minimum absolute atomic E-state index is 0.0455. The molecule has 0 aliphatic carbocycles. The zero-order valence-corrected chi connectivity index (χ0v) is 19.2. The van der Waals surface area contributed by atoms with Gasteiger partial charge in [0.1, 0.15) is 24.0 Å². The molecule has 0 amide bonds. The predicted molar refractivity (Wildman–Crippen MR) is 123 cm³/mol. The molecule has 8 heteroatoms. The van der Waals surface area contributed by atoms with E-state index in [9.17, 15) is 5.26 Å². The van der Waals surface area contributed by atoms with E-state index in [1.807, 2.05) is 48.5 Å². The Bertz CT molecular complexity index is 1300. The van der Waals surface area contributed by atoms with Gasteiger partial charge in [-0.05, 0) is 29.3 Å². The van der Waals surface area contributed by atoms with Crippen LogP contribution in [0.25, 0.3) is 0 Å². The Morgan fingerprint density at radius 2 is 1.79 bits per heavy atom. The van der Waals surface area contributed by atoms with Gasteiger partial charge in [0.2, 0.25) is 12.7 Å².